The van der Waals surface area contributed by atoms with Gasteiger partial charge in [-0.3, -0.25) is 0 Å². The number of hydrogen-bond donors (Lipinski definition) is 0. The van der Waals surface area contributed by atoms with Crippen LogP contribution in [0, 0.1) is 20.8 Å². The van der Waals surface area contributed by atoms with E-state index >= 15 is 0 Å². The highest BCUT2D eigenvalue weighted by Gasteiger charge is 2.38. The molecule has 1 aromatic rings. The van der Waals surface area contributed by atoms with Crippen molar-refractivity contribution in [1.29, 1.82) is 0 Å². The molecule has 1 fully saturated rings. The molecule has 1 aliphatic heterocycles. The second kappa shape index (κ2) is 3.77. The maximum absolute atomic E-state index is 5.75. The lowest BCUT2D eigenvalue weighted by Crippen LogP contribution is -2.39. The van der Waals surface area contributed by atoms with E-state index in [0.29, 0.717) is 0 Å². The van der Waals surface area contributed by atoms with Gasteiger partial charge in [0.1, 0.15) is 5.75 Å². The Morgan fingerprint density at radius 2 is 1.88 bits per heavy atom. The Labute approximate surface area is 97.6 Å². The van der Waals surface area contributed by atoms with E-state index in [-0.39, 0.29) is 5.60 Å². The average Bonchev–Trinajstić information content (AvgIpc) is 2.21. The molecular weight excluding hydrogens is 200 g/mol. The van der Waals surface area contributed by atoms with E-state index in [1.807, 2.05) is 0 Å². The van der Waals surface area contributed by atoms with E-state index in [1.165, 1.54) is 22.3 Å². The molecule has 1 saturated heterocycles. The topological polar surface area (TPSA) is 18.5 Å². The Morgan fingerprint density at radius 1 is 1.25 bits per heavy atom. The van der Waals surface area contributed by atoms with Gasteiger partial charge >= 0.3 is 0 Å². The van der Waals surface area contributed by atoms with Gasteiger partial charge < -0.3 is 9.47 Å². The van der Waals surface area contributed by atoms with Crippen molar-refractivity contribution >= 4 is 0 Å². The van der Waals surface area contributed by atoms with Gasteiger partial charge in [0.15, 0.2) is 0 Å². The third-order valence-electron chi connectivity index (χ3n) is 3.80. The van der Waals surface area contributed by atoms with Gasteiger partial charge in [-0.05, 0) is 56.0 Å². The van der Waals surface area contributed by atoms with Gasteiger partial charge in [0.2, 0.25) is 0 Å². The third-order valence-corrected chi connectivity index (χ3v) is 3.80. The van der Waals surface area contributed by atoms with E-state index in [1.54, 1.807) is 7.11 Å². The summed E-state index contributed by atoms with van der Waals surface area (Å²) in [7, 11) is 1.72. The first-order valence-corrected chi connectivity index (χ1v) is 5.79. The van der Waals surface area contributed by atoms with E-state index in [4.69, 9.17) is 9.47 Å². The molecule has 0 N–H and O–H groups in total. The number of aryl methyl sites for hydroxylation is 1. The Balaban J connectivity index is 2.58. The summed E-state index contributed by atoms with van der Waals surface area (Å²) in [4.78, 5) is 0. The van der Waals surface area contributed by atoms with Gasteiger partial charge in [-0.15, -0.1) is 0 Å². The van der Waals surface area contributed by atoms with Crippen LogP contribution in [0.3, 0.4) is 0 Å². The predicted molar refractivity (Wildman–Crippen MR) is 65.1 cm³/mol. The number of methoxy groups -OCH3 is 1. The Bertz CT molecular complexity index is 417. The van der Waals surface area contributed by atoms with Crippen molar-refractivity contribution in [2.24, 2.45) is 0 Å². The molecule has 16 heavy (non-hydrogen) atoms. The van der Waals surface area contributed by atoms with Crippen LogP contribution in [0.1, 0.15) is 35.6 Å². The molecule has 0 saturated carbocycles. The van der Waals surface area contributed by atoms with E-state index in [2.05, 4.69) is 33.8 Å². The van der Waals surface area contributed by atoms with Crippen molar-refractivity contribution < 1.29 is 9.47 Å². The zero-order chi connectivity index (χ0) is 11.9. The largest absolute Gasteiger partial charge is 0.496 e. The SMILES string of the molecule is COc1cc(C)c(C2(C)CCO2)c(C)c1C. The molecule has 0 radical (unpaired) electrons. The van der Waals surface area contributed by atoms with Crippen LogP contribution in [0.2, 0.25) is 0 Å². The molecule has 2 heteroatoms. The number of benzene rings is 1. The summed E-state index contributed by atoms with van der Waals surface area (Å²) in [5.41, 5.74) is 5.06. The lowest BCUT2D eigenvalue weighted by atomic mass is 9.81. The molecule has 1 aliphatic rings. The molecule has 0 bridgehead atoms. The summed E-state index contributed by atoms with van der Waals surface area (Å²) in [5, 5.41) is 0. The van der Waals surface area contributed by atoms with Gasteiger partial charge in [-0.2, -0.15) is 0 Å². The van der Waals surface area contributed by atoms with Crippen LogP contribution >= 0.6 is 0 Å². The van der Waals surface area contributed by atoms with Crippen LogP contribution in [0.15, 0.2) is 6.07 Å². The summed E-state index contributed by atoms with van der Waals surface area (Å²) in [6.45, 7) is 9.46. The molecular formula is C14H20O2. The molecule has 1 heterocycles. The molecule has 88 valence electrons. The number of ether oxygens (including phenoxy) is 2. The summed E-state index contributed by atoms with van der Waals surface area (Å²) >= 11 is 0. The van der Waals surface area contributed by atoms with Crippen LogP contribution in [0.5, 0.6) is 5.75 Å². The van der Waals surface area contributed by atoms with Crippen LogP contribution in [0.4, 0.5) is 0 Å². The first kappa shape index (κ1) is 11.5. The fraction of sp³-hybridized carbons (Fsp3) is 0.571. The second-order valence-corrected chi connectivity index (χ2v) is 4.85. The Hall–Kier alpha value is -1.02. The van der Waals surface area contributed by atoms with Crippen molar-refractivity contribution in [3.63, 3.8) is 0 Å². The fourth-order valence-corrected chi connectivity index (χ4v) is 2.68. The molecule has 0 amide bonds. The summed E-state index contributed by atoms with van der Waals surface area (Å²) in [6.07, 6.45) is 1.11. The van der Waals surface area contributed by atoms with Gasteiger partial charge in [-0.25, -0.2) is 0 Å². The molecule has 1 unspecified atom stereocenters. The minimum atomic E-state index is -0.0782. The maximum atomic E-state index is 5.75. The van der Waals surface area contributed by atoms with Crippen LogP contribution < -0.4 is 4.74 Å². The van der Waals surface area contributed by atoms with E-state index in [9.17, 15) is 0 Å². The highest BCUT2D eigenvalue weighted by Crippen LogP contribution is 2.42. The minimum Gasteiger partial charge on any atom is -0.496 e. The minimum absolute atomic E-state index is 0.0782. The fourth-order valence-electron chi connectivity index (χ4n) is 2.68. The van der Waals surface area contributed by atoms with Crippen molar-refractivity contribution in [2.75, 3.05) is 13.7 Å². The quantitative estimate of drug-likeness (QED) is 0.761. The molecule has 1 atom stereocenters. The van der Waals surface area contributed by atoms with E-state index in [0.717, 1.165) is 18.8 Å². The monoisotopic (exact) mass is 220 g/mol. The first-order chi connectivity index (χ1) is 7.49. The Kier molecular flexibility index (Phi) is 2.70. The zero-order valence-electron chi connectivity index (χ0n) is 10.8. The summed E-state index contributed by atoms with van der Waals surface area (Å²) in [6, 6.07) is 2.12. The maximum Gasteiger partial charge on any atom is 0.122 e. The highest BCUT2D eigenvalue weighted by atomic mass is 16.5. The standard InChI is InChI=1S/C14H20O2/c1-9-8-12(15-5)10(2)11(3)13(9)14(4)6-7-16-14/h8H,6-7H2,1-5H3. The van der Waals surface area contributed by atoms with Gasteiger partial charge in [0.25, 0.3) is 0 Å². The molecule has 2 rings (SSSR count). The Morgan fingerprint density at radius 3 is 2.31 bits per heavy atom. The normalized spacial score (nSPS) is 24.1. The average molecular weight is 220 g/mol. The first-order valence-electron chi connectivity index (χ1n) is 5.79. The van der Waals surface area contributed by atoms with Crippen molar-refractivity contribution in [1.82, 2.24) is 0 Å². The van der Waals surface area contributed by atoms with Crippen molar-refractivity contribution in [2.45, 2.75) is 39.7 Å². The molecule has 0 aliphatic carbocycles. The number of rotatable bonds is 2. The highest BCUT2D eigenvalue weighted by molar-refractivity contribution is 5.50. The van der Waals surface area contributed by atoms with Crippen molar-refractivity contribution in [3.05, 3.63) is 28.3 Å². The molecule has 0 spiro atoms. The second-order valence-electron chi connectivity index (χ2n) is 4.85. The lowest BCUT2D eigenvalue weighted by Gasteiger charge is -2.41. The van der Waals surface area contributed by atoms with Crippen molar-refractivity contribution in [3.8, 4) is 5.75 Å². The third kappa shape index (κ3) is 1.52. The zero-order valence-corrected chi connectivity index (χ0v) is 10.8. The van der Waals surface area contributed by atoms with Crippen LogP contribution in [-0.2, 0) is 10.3 Å². The molecule has 1 aromatic carbocycles. The van der Waals surface area contributed by atoms with Gasteiger partial charge in [-0.1, -0.05) is 0 Å². The predicted octanol–water partition coefficient (Wildman–Crippen LogP) is 3.26. The van der Waals surface area contributed by atoms with Gasteiger partial charge in [0, 0.05) is 6.42 Å². The summed E-state index contributed by atoms with van der Waals surface area (Å²) in [5.74, 6) is 0.974. The number of hydrogen-bond acceptors (Lipinski definition) is 2. The van der Waals surface area contributed by atoms with E-state index < -0.39 is 0 Å². The molecule has 2 nitrogen and oxygen atoms in total. The van der Waals surface area contributed by atoms with Gasteiger partial charge in [0.05, 0.1) is 19.3 Å². The van der Waals surface area contributed by atoms with Crippen LogP contribution in [-0.4, -0.2) is 13.7 Å². The summed E-state index contributed by atoms with van der Waals surface area (Å²) < 4.78 is 11.1. The smallest absolute Gasteiger partial charge is 0.122 e. The lowest BCUT2D eigenvalue weighted by molar-refractivity contribution is -0.141. The molecule has 0 aromatic heterocycles. The van der Waals surface area contributed by atoms with Crippen LogP contribution in [0.25, 0.3) is 0 Å².